The smallest absolute Gasteiger partial charge is 0.0623 e. The Morgan fingerprint density at radius 3 is 2.37 bits per heavy atom. The Bertz CT molecular complexity index is 258. The van der Waals surface area contributed by atoms with E-state index in [1.54, 1.807) is 0 Å². The van der Waals surface area contributed by atoms with Crippen molar-refractivity contribution >= 4 is 0 Å². The Morgan fingerprint density at radius 1 is 1.11 bits per heavy atom. The van der Waals surface area contributed by atoms with Gasteiger partial charge in [0.15, 0.2) is 0 Å². The van der Waals surface area contributed by atoms with Crippen LogP contribution in [0.15, 0.2) is 0 Å². The van der Waals surface area contributed by atoms with E-state index in [2.05, 4.69) is 52.2 Å². The first-order valence-corrected chi connectivity index (χ1v) is 7.80. The quantitative estimate of drug-likeness (QED) is 0.746. The maximum absolute atomic E-state index is 5.63. The van der Waals surface area contributed by atoms with Crippen molar-refractivity contribution in [3.63, 3.8) is 0 Å². The van der Waals surface area contributed by atoms with Crippen molar-refractivity contribution < 1.29 is 4.74 Å². The van der Waals surface area contributed by atoms with Gasteiger partial charge in [-0.25, -0.2) is 0 Å². The molecule has 3 heteroatoms. The van der Waals surface area contributed by atoms with Gasteiger partial charge in [-0.3, -0.25) is 0 Å². The zero-order valence-electron chi connectivity index (χ0n) is 13.8. The zero-order chi connectivity index (χ0) is 14.5. The number of nitrogens with one attached hydrogen (secondary N) is 2. The molecule has 0 saturated carbocycles. The molecule has 1 heterocycles. The van der Waals surface area contributed by atoms with Crippen LogP contribution in [-0.4, -0.2) is 37.9 Å². The minimum absolute atomic E-state index is 0.191. The monoisotopic (exact) mass is 270 g/mol. The molecule has 114 valence electrons. The Morgan fingerprint density at radius 2 is 1.79 bits per heavy atom. The molecule has 2 unspecified atom stereocenters. The molecule has 1 saturated heterocycles. The molecule has 2 N–H and O–H groups in total. The Hall–Kier alpha value is -0.120. The Labute approximate surface area is 119 Å². The number of rotatable bonds is 7. The van der Waals surface area contributed by atoms with Crippen molar-refractivity contribution in [2.75, 3.05) is 26.3 Å². The molecule has 0 aromatic carbocycles. The fourth-order valence-electron chi connectivity index (χ4n) is 3.15. The SMILES string of the molecule is CCCNC1COCC1CNC(C)(C)CC(C)(C)C. The van der Waals surface area contributed by atoms with E-state index in [1.807, 2.05) is 0 Å². The molecule has 1 aliphatic heterocycles. The molecule has 19 heavy (non-hydrogen) atoms. The second-order valence-corrected chi connectivity index (χ2v) is 7.86. The van der Waals surface area contributed by atoms with Gasteiger partial charge >= 0.3 is 0 Å². The van der Waals surface area contributed by atoms with E-state index in [9.17, 15) is 0 Å². The third-order valence-corrected chi connectivity index (χ3v) is 3.67. The molecule has 2 atom stereocenters. The second kappa shape index (κ2) is 7.05. The van der Waals surface area contributed by atoms with Crippen LogP contribution in [0.1, 0.15) is 54.4 Å². The van der Waals surface area contributed by atoms with Crippen LogP contribution < -0.4 is 10.6 Å². The summed E-state index contributed by atoms with van der Waals surface area (Å²) in [5.41, 5.74) is 0.554. The van der Waals surface area contributed by atoms with Gasteiger partial charge in [-0.05, 0) is 38.6 Å². The summed E-state index contributed by atoms with van der Waals surface area (Å²) in [7, 11) is 0. The average Bonchev–Trinajstić information content (AvgIpc) is 2.67. The van der Waals surface area contributed by atoms with Crippen molar-refractivity contribution in [2.24, 2.45) is 11.3 Å². The summed E-state index contributed by atoms with van der Waals surface area (Å²) in [6.07, 6.45) is 2.37. The molecule has 0 radical (unpaired) electrons. The second-order valence-electron chi connectivity index (χ2n) is 7.86. The fraction of sp³-hybridized carbons (Fsp3) is 1.00. The lowest BCUT2D eigenvalue weighted by molar-refractivity contribution is 0.177. The van der Waals surface area contributed by atoms with Crippen molar-refractivity contribution in [3.05, 3.63) is 0 Å². The predicted molar refractivity (Wildman–Crippen MR) is 82.5 cm³/mol. The molecule has 0 aromatic rings. The predicted octanol–water partition coefficient (Wildman–Crippen LogP) is 2.81. The van der Waals surface area contributed by atoms with Crippen LogP contribution in [0.3, 0.4) is 0 Å². The summed E-state index contributed by atoms with van der Waals surface area (Å²) in [5, 5.41) is 7.34. The molecule has 0 bridgehead atoms. The van der Waals surface area contributed by atoms with Crippen LogP contribution in [-0.2, 0) is 4.74 Å². The molecule has 0 spiro atoms. The van der Waals surface area contributed by atoms with Gasteiger partial charge in [0.1, 0.15) is 0 Å². The molecule has 0 aromatic heterocycles. The number of hydrogen-bond acceptors (Lipinski definition) is 3. The van der Waals surface area contributed by atoms with Crippen LogP contribution in [0.5, 0.6) is 0 Å². The Balaban J connectivity index is 2.38. The van der Waals surface area contributed by atoms with Gasteiger partial charge in [0.2, 0.25) is 0 Å². The highest BCUT2D eigenvalue weighted by Gasteiger charge is 2.30. The third kappa shape index (κ3) is 6.73. The van der Waals surface area contributed by atoms with E-state index >= 15 is 0 Å². The van der Waals surface area contributed by atoms with Crippen molar-refractivity contribution in [2.45, 2.75) is 66.0 Å². The highest BCUT2D eigenvalue weighted by molar-refractivity contribution is 4.88. The van der Waals surface area contributed by atoms with E-state index < -0.39 is 0 Å². The van der Waals surface area contributed by atoms with Crippen molar-refractivity contribution in [1.82, 2.24) is 10.6 Å². The third-order valence-electron chi connectivity index (χ3n) is 3.67. The normalized spacial score (nSPS) is 24.9. The largest absolute Gasteiger partial charge is 0.379 e. The Kier molecular flexibility index (Phi) is 6.28. The summed E-state index contributed by atoms with van der Waals surface area (Å²) in [6, 6.07) is 0.526. The molecule has 1 fully saturated rings. The van der Waals surface area contributed by atoms with E-state index in [0.717, 1.165) is 26.3 Å². The highest BCUT2D eigenvalue weighted by Crippen LogP contribution is 2.27. The van der Waals surface area contributed by atoms with Crippen LogP contribution in [0, 0.1) is 11.3 Å². The zero-order valence-corrected chi connectivity index (χ0v) is 13.8. The maximum Gasteiger partial charge on any atom is 0.0623 e. The van der Waals surface area contributed by atoms with E-state index in [1.165, 1.54) is 12.8 Å². The number of ether oxygens (including phenoxy) is 1. The first-order valence-electron chi connectivity index (χ1n) is 7.80. The van der Waals surface area contributed by atoms with Gasteiger partial charge in [0.25, 0.3) is 0 Å². The molecular weight excluding hydrogens is 236 g/mol. The van der Waals surface area contributed by atoms with Crippen molar-refractivity contribution in [3.8, 4) is 0 Å². The van der Waals surface area contributed by atoms with Crippen LogP contribution in [0.4, 0.5) is 0 Å². The first kappa shape index (κ1) is 16.9. The van der Waals surface area contributed by atoms with Gasteiger partial charge in [-0.1, -0.05) is 27.7 Å². The summed E-state index contributed by atoms with van der Waals surface area (Å²) >= 11 is 0. The maximum atomic E-state index is 5.63. The van der Waals surface area contributed by atoms with Gasteiger partial charge < -0.3 is 15.4 Å². The van der Waals surface area contributed by atoms with Gasteiger partial charge in [-0.15, -0.1) is 0 Å². The summed E-state index contributed by atoms with van der Waals surface area (Å²) < 4.78 is 5.63. The summed E-state index contributed by atoms with van der Waals surface area (Å²) in [4.78, 5) is 0. The summed E-state index contributed by atoms with van der Waals surface area (Å²) in [6.45, 7) is 17.6. The molecular formula is C16H34N2O. The van der Waals surface area contributed by atoms with E-state index in [4.69, 9.17) is 4.74 Å². The lowest BCUT2D eigenvalue weighted by atomic mass is 9.81. The average molecular weight is 270 g/mol. The first-order chi connectivity index (χ1) is 8.73. The fourth-order valence-corrected chi connectivity index (χ4v) is 3.15. The molecule has 1 rings (SSSR count). The van der Waals surface area contributed by atoms with Gasteiger partial charge in [0.05, 0.1) is 13.2 Å². The molecule has 0 aliphatic carbocycles. The molecule has 1 aliphatic rings. The topological polar surface area (TPSA) is 33.3 Å². The highest BCUT2D eigenvalue weighted by atomic mass is 16.5. The minimum Gasteiger partial charge on any atom is -0.379 e. The van der Waals surface area contributed by atoms with Crippen molar-refractivity contribution in [1.29, 1.82) is 0 Å². The lowest BCUT2D eigenvalue weighted by Gasteiger charge is -2.35. The van der Waals surface area contributed by atoms with Crippen LogP contribution in [0.25, 0.3) is 0 Å². The van der Waals surface area contributed by atoms with E-state index in [-0.39, 0.29) is 5.54 Å². The molecule has 0 amide bonds. The number of hydrogen-bond donors (Lipinski definition) is 2. The van der Waals surface area contributed by atoms with Gasteiger partial charge in [0, 0.05) is 24.0 Å². The molecule has 3 nitrogen and oxygen atoms in total. The summed E-state index contributed by atoms with van der Waals surface area (Å²) in [5.74, 6) is 0.603. The van der Waals surface area contributed by atoms with E-state index in [0.29, 0.717) is 17.4 Å². The van der Waals surface area contributed by atoms with Gasteiger partial charge in [-0.2, -0.15) is 0 Å². The minimum atomic E-state index is 0.191. The standard InChI is InChI=1S/C16H34N2O/c1-7-8-17-14-11-19-10-13(14)9-18-16(5,6)12-15(2,3)4/h13-14,17-18H,7-12H2,1-6H3. The van der Waals surface area contributed by atoms with Crippen LogP contribution in [0.2, 0.25) is 0 Å². The lowest BCUT2D eigenvalue weighted by Crippen LogP contribution is -2.48. The van der Waals surface area contributed by atoms with Crippen LogP contribution >= 0.6 is 0 Å².